The number of H-pyrrole nitrogens is 1. The van der Waals surface area contributed by atoms with E-state index in [1.165, 1.54) is 12.8 Å². The van der Waals surface area contributed by atoms with Gasteiger partial charge in [0, 0.05) is 42.3 Å². The second kappa shape index (κ2) is 7.09. The van der Waals surface area contributed by atoms with Crippen molar-refractivity contribution in [2.75, 3.05) is 23.7 Å². The van der Waals surface area contributed by atoms with Crippen molar-refractivity contribution in [2.24, 2.45) is 10.7 Å². The molecule has 0 bridgehead atoms. The Labute approximate surface area is 152 Å². The van der Waals surface area contributed by atoms with Crippen LogP contribution in [-0.2, 0) is 0 Å². The highest BCUT2D eigenvalue weighted by molar-refractivity contribution is 8.04. The molecule has 0 aliphatic carbocycles. The van der Waals surface area contributed by atoms with E-state index in [9.17, 15) is 0 Å². The molecule has 0 saturated carbocycles. The summed E-state index contributed by atoms with van der Waals surface area (Å²) in [7, 11) is 0. The van der Waals surface area contributed by atoms with Gasteiger partial charge in [0.15, 0.2) is 0 Å². The van der Waals surface area contributed by atoms with E-state index in [0.29, 0.717) is 11.9 Å². The Morgan fingerprint density at radius 1 is 1.48 bits per heavy atom. The van der Waals surface area contributed by atoms with Crippen LogP contribution in [0.1, 0.15) is 19.8 Å². The Morgan fingerprint density at radius 2 is 2.40 bits per heavy atom. The van der Waals surface area contributed by atoms with Gasteiger partial charge in [0.1, 0.15) is 11.5 Å². The van der Waals surface area contributed by atoms with Gasteiger partial charge in [0.05, 0.1) is 16.6 Å². The molecule has 4 N–H and O–H groups in total. The van der Waals surface area contributed by atoms with Crippen LogP contribution in [0.3, 0.4) is 0 Å². The average Bonchev–Trinajstić information content (AvgIpc) is 3.33. The predicted octanol–water partition coefficient (Wildman–Crippen LogP) is 2.46. The fraction of sp³-hybridized carbons (Fsp3) is 0.444. The molecular formula is C18H24N6S. The minimum atomic E-state index is 0.205. The number of anilines is 1. The molecule has 2 atom stereocenters. The van der Waals surface area contributed by atoms with Gasteiger partial charge in [-0.3, -0.25) is 4.99 Å². The number of thioether (sulfide) groups is 1. The summed E-state index contributed by atoms with van der Waals surface area (Å²) in [5.41, 5.74) is 8.40. The number of aromatic nitrogens is 2. The van der Waals surface area contributed by atoms with E-state index >= 15 is 0 Å². The molecule has 1 saturated heterocycles. The standard InChI is InChI=1S/C18H24N6S/c1-12(14-3-2-6-20-14)23-17(19)16-11-24(9-10-25-16)15-5-8-22-18-13(15)4-7-21-18/h4-5,7-8,11-12,14,20H,2-3,6,9-10H2,1H3,(H2,19,23)(H,21,22)/t12?,14-/m0/s1. The molecule has 25 heavy (non-hydrogen) atoms. The first kappa shape index (κ1) is 16.5. The van der Waals surface area contributed by atoms with Gasteiger partial charge in [0.25, 0.3) is 0 Å². The van der Waals surface area contributed by atoms with E-state index in [1.807, 2.05) is 12.4 Å². The maximum Gasteiger partial charge on any atom is 0.139 e. The fourth-order valence-electron chi connectivity index (χ4n) is 3.52. The number of fused-ring (bicyclic) bond motifs is 1. The smallest absolute Gasteiger partial charge is 0.139 e. The summed E-state index contributed by atoms with van der Waals surface area (Å²) in [5.74, 6) is 1.64. The highest BCUT2D eigenvalue weighted by Gasteiger charge is 2.22. The first-order valence-corrected chi connectivity index (χ1v) is 9.81. The molecule has 2 aromatic heterocycles. The van der Waals surface area contributed by atoms with Crippen LogP contribution in [0.5, 0.6) is 0 Å². The molecule has 4 heterocycles. The first-order chi connectivity index (χ1) is 12.2. The number of nitrogens with zero attached hydrogens (tertiary/aromatic N) is 3. The monoisotopic (exact) mass is 356 g/mol. The normalized spacial score (nSPS) is 23.1. The predicted molar refractivity (Wildman–Crippen MR) is 106 cm³/mol. The molecule has 6 nitrogen and oxygen atoms in total. The molecular weight excluding hydrogens is 332 g/mol. The number of hydrogen-bond acceptors (Lipinski definition) is 5. The van der Waals surface area contributed by atoms with Crippen molar-refractivity contribution in [3.63, 3.8) is 0 Å². The second-order valence-corrected chi connectivity index (χ2v) is 7.70. The van der Waals surface area contributed by atoms with Gasteiger partial charge in [0.2, 0.25) is 0 Å². The third-order valence-electron chi connectivity index (χ3n) is 4.89. The van der Waals surface area contributed by atoms with E-state index in [2.05, 4.69) is 45.4 Å². The number of nitrogens with two attached hydrogens (primary N) is 1. The van der Waals surface area contributed by atoms with Gasteiger partial charge in [-0.25, -0.2) is 4.98 Å². The van der Waals surface area contributed by atoms with Crippen LogP contribution in [0.25, 0.3) is 11.0 Å². The summed E-state index contributed by atoms with van der Waals surface area (Å²) in [6, 6.07) is 4.77. The van der Waals surface area contributed by atoms with Crippen LogP contribution < -0.4 is 16.0 Å². The third kappa shape index (κ3) is 3.39. The molecule has 2 aliphatic heterocycles. The molecule has 4 rings (SSSR count). The molecule has 2 aliphatic rings. The number of rotatable bonds is 4. The Morgan fingerprint density at radius 3 is 3.24 bits per heavy atom. The zero-order valence-electron chi connectivity index (χ0n) is 14.4. The average molecular weight is 356 g/mol. The summed E-state index contributed by atoms with van der Waals surface area (Å²) < 4.78 is 0. The Balaban J connectivity index is 1.58. The molecule has 0 radical (unpaired) electrons. The zero-order chi connectivity index (χ0) is 17.2. The topological polar surface area (TPSA) is 82.3 Å². The maximum atomic E-state index is 6.34. The highest BCUT2D eigenvalue weighted by Crippen LogP contribution is 2.30. The number of nitrogens with one attached hydrogen (secondary N) is 2. The van der Waals surface area contributed by atoms with E-state index in [0.717, 1.165) is 40.5 Å². The Bertz CT molecular complexity index is 805. The lowest BCUT2D eigenvalue weighted by atomic mass is 10.1. The highest BCUT2D eigenvalue weighted by atomic mass is 32.2. The lowest BCUT2D eigenvalue weighted by Crippen LogP contribution is -2.34. The minimum Gasteiger partial charge on any atom is -0.383 e. The molecule has 0 amide bonds. The van der Waals surface area contributed by atoms with Crippen LogP contribution in [0, 0.1) is 0 Å². The van der Waals surface area contributed by atoms with Crippen molar-refractivity contribution >= 4 is 34.3 Å². The second-order valence-electron chi connectivity index (χ2n) is 6.56. The molecule has 1 fully saturated rings. The van der Waals surface area contributed by atoms with E-state index < -0.39 is 0 Å². The Kier molecular flexibility index (Phi) is 4.67. The van der Waals surface area contributed by atoms with Crippen molar-refractivity contribution < 1.29 is 0 Å². The molecule has 132 valence electrons. The summed E-state index contributed by atoms with van der Waals surface area (Å²) in [4.78, 5) is 15.6. The summed E-state index contributed by atoms with van der Waals surface area (Å²) in [6.07, 6.45) is 8.30. The van der Waals surface area contributed by atoms with Crippen LogP contribution in [0.4, 0.5) is 5.69 Å². The summed E-state index contributed by atoms with van der Waals surface area (Å²) in [6.45, 7) is 4.18. The van der Waals surface area contributed by atoms with Crippen molar-refractivity contribution in [1.82, 2.24) is 15.3 Å². The fourth-order valence-corrected chi connectivity index (χ4v) is 4.43. The maximum absolute atomic E-state index is 6.34. The van der Waals surface area contributed by atoms with Gasteiger partial charge in [-0.15, -0.1) is 11.8 Å². The van der Waals surface area contributed by atoms with Crippen molar-refractivity contribution in [3.05, 3.63) is 35.6 Å². The number of pyridine rings is 1. The van der Waals surface area contributed by atoms with Gasteiger partial charge in [-0.1, -0.05) is 0 Å². The SMILES string of the molecule is CC(N=C(N)C1=CN(c2ccnc3[nH]ccc23)CCS1)[C@@H]1CCCN1. The van der Waals surface area contributed by atoms with Crippen LogP contribution >= 0.6 is 11.8 Å². The summed E-state index contributed by atoms with van der Waals surface area (Å²) >= 11 is 1.78. The van der Waals surface area contributed by atoms with E-state index in [-0.39, 0.29) is 6.04 Å². The molecule has 1 unspecified atom stereocenters. The van der Waals surface area contributed by atoms with Gasteiger partial charge in [-0.2, -0.15) is 0 Å². The quantitative estimate of drug-likeness (QED) is 0.579. The minimum absolute atomic E-state index is 0.205. The van der Waals surface area contributed by atoms with Crippen LogP contribution in [-0.4, -0.2) is 46.7 Å². The van der Waals surface area contributed by atoms with E-state index in [4.69, 9.17) is 10.7 Å². The number of amidine groups is 1. The third-order valence-corrected chi connectivity index (χ3v) is 5.90. The summed E-state index contributed by atoms with van der Waals surface area (Å²) in [5, 5.41) is 4.64. The van der Waals surface area contributed by atoms with Gasteiger partial charge in [-0.05, 0) is 38.4 Å². The Hall–Kier alpha value is -1.99. The van der Waals surface area contributed by atoms with Gasteiger partial charge >= 0.3 is 0 Å². The number of aromatic amines is 1. The molecule has 0 spiro atoms. The van der Waals surface area contributed by atoms with Crippen molar-refractivity contribution in [3.8, 4) is 0 Å². The van der Waals surface area contributed by atoms with Crippen molar-refractivity contribution in [2.45, 2.75) is 31.8 Å². The number of hydrogen-bond donors (Lipinski definition) is 3. The van der Waals surface area contributed by atoms with Crippen molar-refractivity contribution in [1.29, 1.82) is 0 Å². The lowest BCUT2D eigenvalue weighted by molar-refractivity contribution is 0.515. The first-order valence-electron chi connectivity index (χ1n) is 8.83. The number of aliphatic imine (C=N–C) groups is 1. The largest absolute Gasteiger partial charge is 0.383 e. The van der Waals surface area contributed by atoms with Crippen LogP contribution in [0.2, 0.25) is 0 Å². The molecule has 2 aromatic rings. The zero-order valence-corrected chi connectivity index (χ0v) is 15.2. The van der Waals surface area contributed by atoms with E-state index in [1.54, 1.807) is 11.8 Å². The molecule has 7 heteroatoms. The lowest BCUT2D eigenvalue weighted by Gasteiger charge is -2.27. The van der Waals surface area contributed by atoms with Gasteiger partial charge < -0.3 is 20.9 Å². The molecule has 0 aromatic carbocycles. The van der Waals surface area contributed by atoms with Crippen LogP contribution in [0.15, 0.2) is 40.6 Å².